The number of carbonyl (C=O) groups is 1. The van der Waals surface area contributed by atoms with Crippen LogP contribution in [0.5, 0.6) is 5.75 Å². The zero-order valence-corrected chi connectivity index (χ0v) is 12.1. The highest BCUT2D eigenvalue weighted by Crippen LogP contribution is 2.20. The Kier molecular flexibility index (Phi) is 5.48. The Morgan fingerprint density at radius 3 is 2.45 bits per heavy atom. The number of benzene rings is 1. The highest BCUT2D eigenvalue weighted by atomic mass is 16.5. The first-order valence-corrected chi connectivity index (χ1v) is 6.73. The number of carbonyl (C=O) groups excluding carboxylic acids is 1. The number of ether oxygens (including phenoxy) is 1. The third-order valence-corrected chi connectivity index (χ3v) is 2.88. The van der Waals surface area contributed by atoms with E-state index in [1.165, 1.54) is 6.39 Å². The van der Waals surface area contributed by atoms with Gasteiger partial charge in [-0.3, -0.25) is 4.79 Å². The largest absolute Gasteiger partial charge is 0.484 e. The second-order valence-corrected chi connectivity index (χ2v) is 4.43. The summed E-state index contributed by atoms with van der Waals surface area (Å²) in [5, 5.41) is 7.44. The van der Waals surface area contributed by atoms with E-state index in [0.717, 1.165) is 5.56 Å². The van der Waals surface area contributed by atoms with Crippen LogP contribution in [0.25, 0.3) is 11.5 Å². The Morgan fingerprint density at radius 1 is 1.23 bits per heavy atom. The van der Waals surface area contributed by atoms with Gasteiger partial charge in [0.25, 0.3) is 5.91 Å². The molecule has 0 fully saturated rings. The van der Waals surface area contributed by atoms with Gasteiger partial charge in [0.15, 0.2) is 6.61 Å². The Bertz CT molecular complexity index is 611. The third kappa shape index (κ3) is 4.05. The lowest BCUT2D eigenvalue weighted by molar-refractivity contribution is -0.132. The number of rotatable bonds is 8. The average molecular weight is 299 g/mol. The van der Waals surface area contributed by atoms with Gasteiger partial charge in [-0.15, -0.1) is 23.4 Å². The van der Waals surface area contributed by atoms with E-state index in [1.807, 2.05) is 0 Å². The minimum absolute atomic E-state index is 0.0401. The Balaban J connectivity index is 1.92. The van der Waals surface area contributed by atoms with Crippen LogP contribution in [0, 0.1) is 0 Å². The summed E-state index contributed by atoms with van der Waals surface area (Å²) in [4.78, 5) is 13.6. The van der Waals surface area contributed by atoms with Crippen molar-refractivity contribution in [3.63, 3.8) is 0 Å². The fraction of sp³-hybridized carbons (Fsp3) is 0.188. The van der Waals surface area contributed by atoms with Crippen LogP contribution in [-0.2, 0) is 4.79 Å². The third-order valence-electron chi connectivity index (χ3n) is 2.88. The summed E-state index contributed by atoms with van der Waals surface area (Å²) in [6.07, 6.45) is 4.60. The monoisotopic (exact) mass is 299 g/mol. The molecule has 0 saturated carbocycles. The minimum atomic E-state index is -0.124. The van der Waals surface area contributed by atoms with Crippen molar-refractivity contribution < 1.29 is 13.9 Å². The zero-order valence-electron chi connectivity index (χ0n) is 12.1. The van der Waals surface area contributed by atoms with Gasteiger partial charge < -0.3 is 14.1 Å². The van der Waals surface area contributed by atoms with Crippen LogP contribution in [0.2, 0.25) is 0 Å². The quantitative estimate of drug-likeness (QED) is 0.700. The van der Waals surface area contributed by atoms with Crippen LogP contribution < -0.4 is 4.74 Å². The smallest absolute Gasteiger partial charge is 0.261 e. The SMILES string of the molecule is C=CCN(CC=C)C(=O)COc1ccc(-c2nnco2)cc1. The molecule has 0 radical (unpaired) electrons. The van der Waals surface area contributed by atoms with Crippen molar-refractivity contribution in [2.75, 3.05) is 19.7 Å². The van der Waals surface area contributed by atoms with Gasteiger partial charge in [0, 0.05) is 18.7 Å². The minimum Gasteiger partial charge on any atom is -0.484 e. The molecule has 1 aromatic carbocycles. The molecule has 0 spiro atoms. The molecule has 114 valence electrons. The summed E-state index contributed by atoms with van der Waals surface area (Å²) >= 11 is 0. The number of aromatic nitrogens is 2. The van der Waals surface area contributed by atoms with Crippen molar-refractivity contribution in [3.8, 4) is 17.2 Å². The van der Waals surface area contributed by atoms with Gasteiger partial charge >= 0.3 is 0 Å². The van der Waals surface area contributed by atoms with Gasteiger partial charge in [0.2, 0.25) is 12.3 Å². The molecule has 0 aliphatic rings. The van der Waals surface area contributed by atoms with Gasteiger partial charge in [-0.25, -0.2) is 0 Å². The van der Waals surface area contributed by atoms with Crippen molar-refractivity contribution in [2.24, 2.45) is 0 Å². The maximum atomic E-state index is 12.0. The van der Waals surface area contributed by atoms with Crippen LogP contribution in [0.1, 0.15) is 0 Å². The average Bonchev–Trinajstić information content (AvgIpc) is 3.07. The topological polar surface area (TPSA) is 68.5 Å². The normalized spacial score (nSPS) is 10.0. The van der Waals surface area contributed by atoms with Gasteiger partial charge in [-0.1, -0.05) is 12.2 Å². The Morgan fingerprint density at radius 2 is 1.91 bits per heavy atom. The van der Waals surface area contributed by atoms with Crippen LogP contribution in [0.3, 0.4) is 0 Å². The van der Waals surface area contributed by atoms with Crippen LogP contribution >= 0.6 is 0 Å². The molecule has 6 heteroatoms. The van der Waals surface area contributed by atoms with Crippen LogP contribution in [0.4, 0.5) is 0 Å². The summed E-state index contributed by atoms with van der Waals surface area (Å²) in [6.45, 7) is 8.14. The second kappa shape index (κ2) is 7.78. The molecule has 0 bridgehead atoms. The molecule has 0 N–H and O–H groups in total. The van der Waals surface area contributed by atoms with Crippen molar-refractivity contribution in [3.05, 3.63) is 56.0 Å². The summed E-state index contributed by atoms with van der Waals surface area (Å²) < 4.78 is 10.6. The standard InChI is InChI=1S/C16H17N3O3/c1-3-9-19(10-4-2)15(20)11-21-14-7-5-13(6-8-14)16-18-17-12-22-16/h3-8,12H,1-2,9-11H2. The first-order chi connectivity index (χ1) is 10.7. The molecule has 0 atom stereocenters. The lowest BCUT2D eigenvalue weighted by Crippen LogP contribution is -2.35. The van der Waals surface area contributed by atoms with Crippen molar-refractivity contribution in [1.82, 2.24) is 15.1 Å². The maximum Gasteiger partial charge on any atom is 0.261 e. The van der Waals surface area contributed by atoms with Gasteiger partial charge in [-0.05, 0) is 24.3 Å². The molecule has 22 heavy (non-hydrogen) atoms. The van der Waals surface area contributed by atoms with Gasteiger partial charge in [-0.2, -0.15) is 0 Å². The number of nitrogens with zero attached hydrogens (tertiary/aromatic N) is 3. The van der Waals surface area contributed by atoms with Crippen molar-refractivity contribution in [1.29, 1.82) is 0 Å². The molecule has 1 aromatic heterocycles. The number of hydrogen-bond acceptors (Lipinski definition) is 5. The predicted molar refractivity (Wildman–Crippen MR) is 82.2 cm³/mol. The first-order valence-electron chi connectivity index (χ1n) is 6.73. The highest BCUT2D eigenvalue weighted by molar-refractivity contribution is 5.78. The zero-order chi connectivity index (χ0) is 15.8. The molecule has 1 amide bonds. The van der Waals surface area contributed by atoms with E-state index in [9.17, 15) is 4.79 Å². The fourth-order valence-electron chi connectivity index (χ4n) is 1.82. The number of amides is 1. The van der Waals surface area contributed by atoms with E-state index < -0.39 is 0 Å². The molecule has 6 nitrogen and oxygen atoms in total. The van der Waals surface area contributed by atoms with Crippen molar-refractivity contribution in [2.45, 2.75) is 0 Å². The molecule has 0 aliphatic carbocycles. The highest BCUT2D eigenvalue weighted by Gasteiger charge is 2.11. The van der Waals surface area contributed by atoms with E-state index in [-0.39, 0.29) is 12.5 Å². The lowest BCUT2D eigenvalue weighted by Gasteiger charge is -2.19. The first kappa shape index (κ1) is 15.5. The molecule has 0 aliphatic heterocycles. The van der Waals surface area contributed by atoms with Gasteiger partial charge in [0.1, 0.15) is 5.75 Å². The molecule has 0 saturated heterocycles. The van der Waals surface area contributed by atoms with Crippen LogP contribution in [0.15, 0.2) is 60.4 Å². The van der Waals surface area contributed by atoms with E-state index in [0.29, 0.717) is 24.7 Å². The van der Waals surface area contributed by atoms with E-state index >= 15 is 0 Å². The fourth-order valence-corrected chi connectivity index (χ4v) is 1.82. The van der Waals surface area contributed by atoms with E-state index in [4.69, 9.17) is 9.15 Å². The summed E-state index contributed by atoms with van der Waals surface area (Å²) in [7, 11) is 0. The Labute approximate surface area is 128 Å². The molecular formula is C16H17N3O3. The maximum absolute atomic E-state index is 12.0. The predicted octanol–water partition coefficient (Wildman–Crippen LogP) is 2.32. The van der Waals surface area contributed by atoms with Crippen molar-refractivity contribution >= 4 is 5.91 Å². The molecule has 2 aromatic rings. The lowest BCUT2D eigenvalue weighted by atomic mass is 10.2. The summed E-state index contributed by atoms with van der Waals surface area (Å²) in [6, 6.07) is 7.08. The second-order valence-electron chi connectivity index (χ2n) is 4.43. The molecule has 2 rings (SSSR count). The molecule has 1 heterocycles. The number of hydrogen-bond donors (Lipinski definition) is 0. The van der Waals surface area contributed by atoms with E-state index in [2.05, 4.69) is 23.4 Å². The molecular weight excluding hydrogens is 282 g/mol. The van der Waals surface area contributed by atoms with E-state index in [1.54, 1.807) is 41.3 Å². The Hall–Kier alpha value is -2.89. The summed E-state index contributed by atoms with van der Waals surface area (Å²) in [5.41, 5.74) is 0.788. The molecule has 0 unspecified atom stereocenters. The van der Waals surface area contributed by atoms with Gasteiger partial charge in [0.05, 0.1) is 0 Å². The van der Waals surface area contributed by atoms with Crippen LogP contribution in [-0.4, -0.2) is 40.7 Å². The summed E-state index contributed by atoms with van der Waals surface area (Å²) in [5.74, 6) is 0.903.